The fraction of sp³-hybridized carbons (Fsp3) is 0.438. The van der Waals surface area contributed by atoms with Crippen LogP contribution >= 0.6 is 0 Å². The van der Waals surface area contributed by atoms with Gasteiger partial charge in [0.15, 0.2) is 6.10 Å². The number of amides is 2. The van der Waals surface area contributed by atoms with Crippen LogP contribution in [-0.2, 0) is 14.3 Å². The molecule has 1 aromatic rings. The van der Waals surface area contributed by atoms with Gasteiger partial charge < -0.3 is 19.6 Å². The highest BCUT2D eigenvalue weighted by Crippen LogP contribution is 2.23. The predicted molar refractivity (Wildman–Crippen MR) is 81.3 cm³/mol. The molecule has 0 spiro atoms. The van der Waals surface area contributed by atoms with Gasteiger partial charge in [-0.1, -0.05) is 6.07 Å². The third-order valence-corrected chi connectivity index (χ3v) is 4.11. The van der Waals surface area contributed by atoms with Gasteiger partial charge >= 0.3 is 5.97 Å². The van der Waals surface area contributed by atoms with E-state index in [1.165, 1.54) is 4.90 Å². The van der Waals surface area contributed by atoms with Gasteiger partial charge in [-0.2, -0.15) is 0 Å². The van der Waals surface area contributed by atoms with Crippen LogP contribution in [0.5, 0.6) is 0 Å². The Morgan fingerprint density at radius 1 is 1.26 bits per heavy atom. The van der Waals surface area contributed by atoms with E-state index in [0.29, 0.717) is 30.8 Å². The second kappa shape index (κ2) is 6.37. The number of aliphatic carboxylic acids is 1. The summed E-state index contributed by atoms with van der Waals surface area (Å²) in [6.07, 6.45) is 0.360. The summed E-state index contributed by atoms with van der Waals surface area (Å²) in [5.41, 5.74) is 1.16. The van der Waals surface area contributed by atoms with Gasteiger partial charge in [0.1, 0.15) is 0 Å². The van der Waals surface area contributed by atoms with Crippen LogP contribution in [0.1, 0.15) is 23.2 Å². The summed E-state index contributed by atoms with van der Waals surface area (Å²) in [6, 6.07) is 6.91. The lowest BCUT2D eigenvalue weighted by atomic mass is 10.1. The van der Waals surface area contributed by atoms with E-state index in [2.05, 4.69) is 0 Å². The Balaban J connectivity index is 1.77. The number of benzene rings is 1. The van der Waals surface area contributed by atoms with Crippen LogP contribution in [0.4, 0.5) is 5.69 Å². The molecule has 7 nitrogen and oxygen atoms in total. The van der Waals surface area contributed by atoms with Crippen molar-refractivity contribution in [3.05, 3.63) is 29.8 Å². The van der Waals surface area contributed by atoms with E-state index in [4.69, 9.17) is 9.84 Å². The highest BCUT2D eigenvalue weighted by atomic mass is 16.5. The fourth-order valence-electron chi connectivity index (χ4n) is 2.89. The van der Waals surface area contributed by atoms with Crippen molar-refractivity contribution in [3.8, 4) is 0 Å². The molecule has 0 aromatic heterocycles. The molecular formula is C16H18N2O5. The molecule has 2 aliphatic heterocycles. The molecule has 0 bridgehead atoms. The quantitative estimate of drug-likeness (QED) is 0.888. The van der Waals surface area contributed by atoms with Crippen LogP contribution in [0.25, 0.3) is 0 Å². The lowest BCUT2D eigenvalue weighted by Gasteiger charge is -2.31. The van der Waals surface area contributed by atoms with Gasteiger partial charge in [0.25, 0.3) is 5.91 Å². The highest BCUT2D eigenvalue weighted by molar-refractivity contribution is 5.99. The number of nitrogens with zero attached hydrogens (tertiary/aromatic N) is 2. The Morgan fingerprint density at radius 2 is 2.09 bits per heavy atom. The van der Waals surface area contributed by atoms with Crippen LogP contribution in [0.2, 0.25) is 0 Å². The van der Waals surface area contributed by atoms with Crippen molar-refractivity contribution < 1.29 is 24.2 Å². The van der Waals surface area contributed by atoms with Crippen molar-refractivity contribution >= 4 is 23.5 Å². The van der Waals surface area contributed by atoms with E-state index in [1.54, 1.807) is 29.2 Å². The molecular weight excluding hydrogens is 300 g/mol. The normalized spacial score (nSPS) is 21.6. The molecule has 0 aliphatic carbocycles. The number of carboxylic acid groups (broad SMARTS) is 1. The number of ether oxygens (including phenoxy) is 1. The third kappa shape index (κ3) is 3.19. The molecule has 0 saturated carbocycles. The maximum atomic E-state index is 12.6. The summed E-state index contributed by atoms with van der Waals surface area (Å²) < 4.78 is 5.13. The number of anilines is 1. The summed E-state index contributed by atoms with van der Waals surface area (Å²) in [5, 5.41) is 9.02. The molecule has 1 N–H and O–H groups in total. The average molecular weight is 318 g/mol. The number of hydrogen-bond donors (Lipinski definition) is 1. The van der Waals surface area contributed by atoms with Crippen LogP contribution in [0.3, 0.4) is 0 Å². The summed E-state index contributed by atoms with van der Waals surface area (Å²) in [6.45, 7) is 1.25. The lowest BCUT2D eigenvalue weighted by molar-refractivity contribution is -0.154. The minimum absolute atomic E-state index is 0.0288. The zero-order valence-electron chi connectivity index (χ0n) is 12.6. The van der Waals surface area contributed by atoms with Crippen molar-refractivity contribution in [3.63, 3.8) is 0 Å². The van der Waals surface area contributed by atoms with Crippen molar-refractivity contribution in [1.29, 1.82) is 0 Å². The van der Waals surface area contributed by atoms with Gasteiger partial charge in [-0.05, 0) is 24.6 Å². The molecule has 122 valence electrons. The van der Waals surface area contributed by atoms with E-state index < -0.39 is 12.1 Å². The number of carboxylic acids is 1. The maximum Gasteiger partial charge on any atom is 0.334 e. The highest BCUT2D eigenvalue weighted by Gasteiger charge is 2.30. The van der Waals surface area contributed by atoms with Gasteiger partial charge in [-0.25, -0.2) is 4.79 Å². The maximum absolute atomic E-state index is 12.6. The van der Waals surface area contributed by atoms with Crippen molar-refractivity contribution in [2.45, 2.75) is 18.9 Å². The van der Waals surface area contributed by atoms with Gasteiger partial charge in [0.05, 0.1) is 13.2 Å². The second-order valence-electron chi connectivity index (χ2n) is 5.65. The molecule has 23 heavy (non-hydrogen) atoms. The molecule has 0 unspecified atom stereocenters. The second-order valence-corrected chi connectivity index (χ2v) is 5.65. The molecule has 0 radical (unpaired) electrons. The molecule has 2 amide bonds. The Kier molecular flexibility index (Phi) is 4.29. The van der Waals surface area contributed by atoms with Gasteiger partial charge in [0, 0.05) is 30.8 Å². The lowest BCUT2D eigenvalue weighted by Crippen LogP contribution is -2.48. The molecule has 2 heterocycles. The summed E-state index contributed by atoms with van der Waals surface area (Å²) >= 11 is 0. The van der Waals surface area contributed by atoms with Crippen LogP contribution in [-0.4, -0.2) is 60.1 Å². The molecule has 3 rings (SSSR count). The standard InChI is InChI=1S/C16H18N2O5/c19-14-5-2-6-18(14)12-4-1-3-11(9-12)15(20)17-7-8-23-13(10-17)16(21)22/h1,3-4,9,13H,2,5-8,10H2,(H,21,22)/t13-/m1/s1. The third-order valence-electron chi connectivity index (χ3n) is 4.11. The number of rotatable bonds is 3. The Morgan fingerprint density at radius 3 is 2.78 bits per heavy atom. The summed E-state index contributed by atoms with van der Waals surface area (Å²) in [4.78, 5) is 38.6. The van der Waals surface area contributed by atoms with Crippen molar-refractivity contribution in [1.82, 2.24) is 4.90 Å². The molecule has 2 aliphatic rings. The van der Waals surface area contributed by atoms with Crippen LogP contribution in [0.15, 0.2) is 24.3 Å². The van der Waals surface area contributed by atoms with Crippen molar-refractivity contribution in [2.75, 3.05) is 31.1 Å². The SMILES string of the molecule is O=C(O)[C@H]1CN(C(=O)c2cccc(N3CCCC3=O)c2)CCO1. The van der Waals surface area contributed by atoms with Crippen LogP contribution < -0.4 is 4.90 Å². The fourth-order valence-corrected chi connectivity index (χ4v) is 2.89. The van der Waals surface area contributed by atoms with Gasteiger partial charge in [0.2, 0.25) is 5.91 Å². The summed E-state index contributed by atoms with van der Waals surface area (Å²) in [5.74, 6) is -1.25. The zero-order chi connectivity index (χ0) is 16.4. The Labute approximate surface area is 133 Å². The van der Waals surface area contributed by atoms with Gasteiger partial charge in [-0.15, -0.1) is 0 Å². The van der Waals surface area contributed by atoms with Crippen LogP contribution in [0, 0.1) is 0 Å². The van der Waals surface area contributed by atoms with Gasteiger partial charge in [-0.3, -0.25) is 9.59 Å². The first-order valence-electron chi connectivity index (χ1n) is 7.60. The number of carbonyl (C=O) groups is 3. The molecule has 2 fully saturated rings. The monoisotopic (exact) mass is 318 g/mol. The smallest absolute Gasteiger partial charge is 0.334 e. The average Bonchev–Trinajstić information content (AvgIpc) is 3.00. The van der Waals surface area contributed by atoms with E-state index >= 15 is 0 Å². The first kappa shape index (κ1) is 15.5. The van der Waals surface area contributed by atoms with E-state index in [1.807, 2.05) is 0 Å². The molecule has 2 saturated heterocycles. The minimum Gasteiger partial charge on any atom is -0.479 e. The Hall–Kier alpha value is -2.41. The Bertz CT molecular complexity index is 645. The van der Waals surface area contributed by atoms with Crippen molar-refractivity contribution in [2.24, 2.45) is 0 Å². The predicted octanol–water partition coefficient (Wildman–Crippen LogP) is 0.739. The number of hydrogen-bond acceptors (Lipinski definition) is 4. The molecule has 1 atom stereocenters. The zero-order valence-corrected chi connectivity index (χ0v) is 12.6. The van der Waals surface area contributed by atoms with E-state index in [0.717, 1.165) is 6.42 Å². The summed E-state index contributed by atoms with van der Waals surface area (Å²) in [7, 11) is 0. The van der Waals surface area contributed by atoms with E-state index in [9.17, 15) is 14.4 Å². The number of carbonyl (C=O) groups excluding carboxylic acids is 2. The minimum atomic E-state index is -1.07. The first-order valence-corrected chi connectivity index (χ1v) is 7.60. The van der Waals surface area contributed by atoms with E-state index in [-0.39, 0.29) is 25.0 Å². The molecule has 7 heteroatoms. The molecule has 1 aromatic carbocycles. The topological polar surface area (TPSA) is 87.2 Å². The number of morpholine rings is 1. The first-order chi connectivity index (χ1) is 11.1. The largest absolute Gasteiger partial charge is 0.479 e.